The Morgan fingerprint density at radius 2 is 2.00 bits per heavy atom. The lowest BCUT2D eigenvalue weighted by Crippen LogP contribution is -2.45. The molecule has 2 rings (SSSR count). The largest absolute Gasteiger partial charge is 0.370 e. The monoisotopic (exact) mass is 280 g/mol. The Morgan fingerprint density at radius 3 is 2.53 bits per heavy atom. The maximum Gasteiger partial charge on any atom is 0.164 e. The number of aryl methyl sites for hydroxylation is 1. The number of ether oxygens (including phenoxy) is 1. The Labute approximate surface area is 120 Å². The summed E-state index contributed by atoms with van der Waals surface area (Å²) in [6.07, 6.45) is 5.36. The second-order valence-electron chi connectivity index (χ2n) is 6.37. The lowest BCUT2D eigenvalue weighted by Gasteiger charge is -2.41. The number of hydrogen-bond donors (Lipinski definition) is 0. The van der Waals surface area contributed by atoms with E-state index in [0.29, 0.717) is 17.6 Å². The first-order valence-corrected chi connectivity index (χ1v) is 7.96. The summed E-state index contributed by atoms with van der Waals surface area (Å²) in [5.74, 6) is 0.291. The summed E-state index contributed by atoms with van der Waals surface area (Å²) < 4.78 is 5.66. The third kappa shape index (κ3) is 3.46. The average Bonchev–Trinajstić information content (AvgIpc) is 2.90. The SMILES string of the molecule is COC1(C(=O)CCc2cccs2)CCC(C)(C)CC1. The van der Waals surface area contributed by atoms with E-state index in [2.05, 4.69) is 25.3 Å². The van der Waals surface area contributed by atoms with Crippen molar-refractivity contribution >= 4 is 17.1 Å². The van der Waals surface area contributed by atoms with Gasteiger partial charge in [0.15, 0.2) is 5.78 Å². The number of methoxy groups -OCH3 is 1. The molecule has 0 atom stereocenters. The average molecular weight is 280 g/mol. The van der Waals surface area contributed by atoms with Gasteiger partial charge in [0.25, 0.3) is 0 Å². The zero-order chi connectivity index (χ0) is 13.9. The third-order valence-corrected chi connectivity index (χ3v) is 5.42. The first-order chi connectivity index (χ1) is 8.97. The summed E-state index contributed by atoms with van der Waals surface area (Å²) in [7, 11) is 1.70. The molecule has 0 spiro atoms. The smallest absolute Gasteiger partial charge is 0.164 e. The number of hydrogen-bond acceptors (Lipinski definition) is 3. The van der Waals surface area contributed by atoms with Gasteiger partial charge in [-0.1, -0.05) is 19.9 Å². The predicted octanol–water partition coefficient (Wildman–Crippen LogP) is 4.24. The molecule has 0 radical (unpaired) electrons. The van der Waals surface area contributed by atoms with Crippen LogP contribution in [0.25, 0.3) is 0 Å². The molecule has 1 heterocycles. The highest BCUT2D eigenvalue weighted by Crippen LogP contribution is 2.42. The summed E-state index contributed by atoms with van der Waals surface area (Å²) in [6.45, 7) is 4.56. The van der Waals surface area contributed by atoms with E-state index in [0.717, 1.165) is 32.1 Å². The van der Waals surface area contributed by atoms with Gasteiger partial charge in [-0.3, -0.25) is 4.79 Å². The topological polar surface area (TPSA) is 26.3 Å². The van der Waals surface area contributed by atoms with Crippen LogP contribution >= 0.6 is 11.3 Å². The molecule has 1 saturated carbocycles. The Kier molecular flexibility index (Phi) is 4.46. The van der Waals surface area contributed by atoms with E-state index >= 15 is 0 Å². The molecule has 19 heavy (non-hydrogen) atoms. The molecular weight excluding hydrogens is 256 g/mol. The molecule has 0 saturated heterocycles. The predicted molar refractivity (Wildman–Crippen MR) is 79.6 cm³/mol. The van der Waals surface area contributed by atoms with Crippen molar-refractivity contribution in [3.63, 3.8) is 0 Å². The molecule has 0 aliphatic heterocycles. The van der Waals surface area contributed by atoms with Gasteiger partial charge in [0.2, 0.25) is 0 Å². The van der Waals surface area contributed by atoms with Crippen LogP contribution in [0.1, 0.15) is 50.8 Å². The van der Waals surface area contributed by atoms with Gasteiger partial charge in [-0.25, -0.2) is 0 Å². The van der Waals surface area contributed by atoms with E-state index in [9.17, 15) is 4.79 Å². The second-order valence-corrected chi connectivity index (χ2v) is 7.40. The highest BCUT2D eigenvalue weighted by molar-refractivity contribution is 7.09. The number of carbonyl (C=O) groups excluding carboxylic acids is 1. The Hall–Kier alpha value is -0.670. The molecule has 1 aliphatic rings. The molecule has 106 valence electrons. The zero-order valence-electron chi connectivity index (χ0n) is 12.2. The molecule has 0 unspecified atom stereocenters. The van der Waals surface area contributed by atoms with Crippen LogP contribution in [-0.2, 0) is 16.0 Å². The summed E-state index contributed by atoms with van der Waals surface area (Å²) in [6, 6.07) is 4.14. The molecule has 0 amide bonds. The van der Waals surface area contributed by atoms with Crippen molar-refractivity contribution in [2.45, 2.75) is 58.0 Å². The maximum atomic E-state index is 12.5. The van der Waals surface area contributed by atoms with Crippen molar-refractivity contribution in [2.75, 3.05) is 7.11 Å². The number of Topliss-reactive ketones (excluding diaryl/α,β-unsaturated/α-hetero) is 1. The lowest BCUT2D eigenvalue weighted by molar-refractivity contribution is -0.147. The van der Waals surface area contributed by atoms with E-state index in [1.165, 1.54) is 4.88 Å². The van der Waals surface area contributed by atoms with Gasteiger partial charge in [0.1, 0.15) is 5.60 Å². The fraction of sp³-hybridized carbons (Fsp3) is 0.688. The van der Waals surface area contributed by atoms with Crippen molar-refractivity contribution in [3.8, 4) is 0 Å². The third-order valence-electron chi connectivity index (χ3n) is 4.49. The summed E-state index contributed by atoms with van der Waals surface area (Å²) in [4.78, 5) is 13.8. The quantitative estimate of drug-likeness (QED) is 0.806. The molecule has 3 heteroatoms. The van der Waals surface area contributed by atoms with Crippen LogP contribution in [0.3, 0.4) is 0 Å². The van der Waals surface area contributed by atoms with Crippen LogP contribution in [-0.4, -0.2) is 18.5 Å². The molecule has 0 bridgehead atoms. The summed E-state index contributed by atoms with van der Waals surface area (Å²) >= 11 is 1.72. The number of thiophene rings is 1. The minimum absolute atomic E-state index is 0.291. The standard InChI is InChI=1S/C16H24O2S/c1-15(2)8-10-16(18-3,11-9-15)14(17)7-6-13-5-4-12-19-13/h4-5,12H,6-11H2,1-3H3. The van der Waals surface area contributed by atoms with Crippen LogP contribution in [0, 0.1) is 5.41 Å². The van der Waals surface area contributed by atoms with Gasteiger partial charge in [-0.2, -0.15) is 0 Å². The highest BCUT2D eigenvalue weighted by atomic mass is 32.1. The molecule has 2 nitrogen and oxygen atoms in total. The van der Waals surface area contributed by atoms with Crippen molar-refractivity contribution in [2.24, 2.45) is 5.41 Å². The van der Waals surface area contributed by atoms with Crippen LogP contribution in [0.2, 0.25) is 0 Å². The highest BCUT2D eigenvalue weighted by Gasteiger charge is 2.43. The van der Waals surface area contributed by atoms with E-state index < -0.39 is 5.60 Å². The van der Waals surface area contributed by atoms with Crippen LogP contribution in [0.4, 0.5) is 0 Å². The Morgan fingerprint density at radius 1 is 1.32 bits per heavy atom. The first kappa shape index (κ1) is 14.7. The fourth-order valence-electron chi connectivity index (χ4n) is 2.85. The van der Waals surface area contributed by atoms with E-state index in [4.69, 9.17) is 4.74 Å². The fourth-order valence-corrected chi connectivity index (χ4v) is 3.56. The van der Waals surface area contributed by atoms with Gasteiger partial charge in [0.05, 0.1) is 0 Å². The van der Waals surface area contributed by atoms with E-state index in [-0.39, 0.29) is 0 Å². The molecular formula is C16H24O2S. The number of carbonyl (C=O) groups is 1. The number of ketones is 1. The van der Waals surface area contributed by atoms with Crippen LogP contribution in [0.15, 0.2) is 17.5 Å². The first-order valence-electron chi connectivity index (χ1n) is 7.08. The summed E-state index contributed by atoms with van der Waals surface area (Å²) in [5, 5.41) is 2.06. The van der Waals surface area contributed by atoms with Crippen molar-refractivity contribution in [1.82, 2.24) is 0 Å². The Balaban J connectivity index is 1.95. The number of rotatable bonds is 5. The molecule has 1 fully saturated rings. The van der Waals surface area contributed by atoms with Crippen LogP contribution in [0.5, 0.6) is 0 Å². The van der Waals surface area contributed by atoms with Gasteiger partial charge < -0.3 is 4.74 Å². The van der Waals surface area contributed by atoms with Crippen molar-refractivity contribution in [1.29, 1.82) is 0 Å². The maximum absolute atomic E-state index is 12.5. The molecule has 0 aromatic carbocycles. The van der Waals surface area contributed by atoms with Gasteiger partial charge >= 0.3 is 0 Å². The van der Waals surface area contributed by atoms with E-state index in [1.807, 2.05) is 6.07 Å². The molecule has 1 aliphatic carbocycles. The summed E-state index contributed by atoms with van der Waals surface area (Å²) in [5.41, 5.74) is -0.150. The van der Waals surface area contributed by atoms with E-state index in [1.54, 1.807) is 18.4 Å². The lowest BCUT2D eigenvalue weighted by atomic mass is 9.69. The molecule has 0 N–H and O–H groups in total. The molecule has 1 aromatic heterocycles. The minimum Gasteiger partial charge on any atom is -0.370 e. The Bertz CT molecular complexity index is 410. The molecule has 1 aromatic rings. The van der Waals surface area contributed by atoms with Gasteiger partial charge in [-0.05, 0) is 49.0 Å². The second kappa shape index (κ2) is 5.76. The van der Waals surface area contributed by atoms with Gasteiger partial charge in [-0.15, -0.1) is 11.3 Å². The normalized spacial score (nSPS) is 21.2. The van der Waals surface area contributed by atoms with Crippen LogP contribution < -0.4 is 0 Å². The van der Waals surface area contributed by atoms with Crippen molar-refractivity contribution < 1.29 is 9.53 Å². The minimum atomic E-state index is -0.507. The zero-order valence-corrected chi connectivity index (χ0v) is 13.0. The van der Waals surface area contributed by atoms with Crippen molar-refractivity contribution in [3.05, 3.63) is 22.4 Å². The van der Waals surface area contributed by atoms with Gasteiger partial charge in [0, 0.05) is 18.4 Å².